The van der Waals surface area contributed by atoms with Crippen LogP contribution in [0.3, 0.4) is 0 Å². The molecule has 3 heterocycles. The molecule has 0 radical (unpaired) electrons. The van der Waals surface area contributed by atoms with E-state index in [0.717, 1.165) is 35.0 Å². The summed E-state index contributed by atoms with van der Waals surface area (Å²) in [5.74, 6) is 0.953. The van der Waals surface area contributed by atoms with Gasteiger partial charge in [-0.3, -0.25) is 14.1 Å². The Morgan fingerprint density at radius 2 is 1.92 bits per heavy atom. The van der Waals surface area contributed by atoms with Crippen LogP contribution >= 0.6 is 0 Å². The number of nitrogens with zero attached hydrogens (tertiary/aromatic N) is 5. The molecule has 4 rings (SSSR count). The number of benzene rings is 1. The molecule has 0 aliphatic carbocycles. The SMILES string of the molecule is Cc1ccc(CNc2c(-c3cn(C)nc3C)nc3cnccn23)cc1. The third-order valence-electron chi connectivity index (χ3n) is 4.28. The maximum absolute atomic E-state index is 4.77. The highest BCUT2D eigenvalue weighted by Crippen LogP contribution is 2.30. The van der Waals surface area contributed by atoms with E-state index < -0.39 is 0 Å². The molecule has 0 aliphatic rings. The molecule has 25 heavy (non-hydrogen) atoms. The minimum Gasteiger partial charge on any atom is -0.365 e. The average Bonchev–Trinajstić information content (AvgIpc) is 3.13. The molecule has 4 aromatic rings. The average molecular weight is 332 g/mol. The van der Waals surface area contributed by atoms with Gasteiger partial charge >= 0.3 is 0 Å². The Labute approximate surface area is 146 Å². The Balaban J connectivity index is 1.76. The molecule has 6 nitrogen and oxygen atoms in total. The normalized spacial score (nSPS) is 11.2. The molecule has 126 valence electrons. The summed E-state index contributed by atoms with van der Waals surface area (Å²) in [6.45, 7) is 4.82. The van der Waals surface area contributed by atoms with Gasteiger partial charge in [-0.2, -0.15) is 5.10 Å². The third-order valence-corrected chi connectivity index (χ3v) is 4.28. The number of aryl methyl sites for hydroxylation is 3. The summed E-state index contributed by atoms with van der Waals surface area (Å²) >= 11 is 0. The van der Waals surface area contributed by atoms with Crippen molar-refractivity contribution in [3.05, 3.63) is 65.9 Å². The standard InChI is InChI=1S/C19H20N6/c1-13-4-6-15(7-5-13)10-21-19-18(16-12-24(3)23-14(16)2)22-17-11-20-8-9-25(17)19/h4-9,11-12,21H,10H2,1-3H3. The maximum atomic E-state index is 4.77. The van der Waals surface area contributed by atoms with Gasteiger partial charge in [-0.1, -0.05) is 29.8 Å². The summed E-state index contributed by atoms with van der Waals surface area (Å²) in [6, 6.07) is 8.54. The molecule has 0 saturated heterocycles. The van der Waals surface area contributed by atoms with Crippen LogP contribution in [0, 0.1) is 13.8 Å². The lowest BCUT2D eigenvalue weighted by molar-refractivity contribution is 0.756. The van der Waals surface area contributed by atoms with Crippen molar-refractivity contribution in [1.82, 2.24) is 24.1 Å². The first kappa shape index (κ1) is 15.4. The number of hydrogen-bond donors (Lipinski definition) is 1. The van der Waals surface area contributed by atoms with E-state index in [4.69, 9.17) is 4.98 Å². The molecular weight excluding hydrogens is 312 g/mol. The van der Waals surface area contributed by atoms with Crippen molar-refractivity contribution in [3.63, 3.8) is 0 Å². The maximum Gasteiger partial charge on any atom is 0.157 e. The molecule has 0 amide bonds. The van der Waals surface area contributed by atoms with Crippen LogP contribution in [0.15, 0.2) is 49.1 Å². The minimum atomic E-state index is 0.725. The van der Waals surface area contributed by atoms with Crippen molar-refractivity contribution in [2.24, 2.45) is 7.05 Å². The van der Waals surface area contributed by atoms with Gasteiger partial charge in [-0.05, 0) is 19.4 Å². The molecule has 6 heteroatoms. The highest BCUT2D eigenvalue weighted by atomic mass is 15.3. The lowest BCUT2D eigenvalue weighted by Crippen LogP contribution is -2.03. The molecule has 1 aromatic carbocycles. The van der Waals surface area contributed by atoms with E-state index >= 15 is 0 Å². The molecule has 0 aliphatic heterocycles. The van der Waals surface area contributed by atoms with Crippen LogP contribution in [0.25, 0.3) is 16.9 Å². The number of fused-ring (bicyclic) bond motifs is 1. The van der Waals surface area contributed by atoms with Crippen LogP contribution < -0.4 is 5.32 Å². The van der Waals surface area contributed by atoms with Gasteiger partial charge in [0.15, 0.2) is 5.65 Å². The Hall–Kier alpha value is -3.15. The van der Waals surface area contributed by atoms with Gasteiger partial charge in [0.1, 0.15) is 11.5 Å². The van der Waals surface area contributed by atoms with E-state index in [9.17, 15) is 0 Å². The largest absolute Gasteiger partial charge is 0.365 e. The molecule has 1 N–H and O–H groups in total. The second-order valence-electron chi connectivity index (χ2n) is 6.25. The first-order valence-electron chi connectivity index (χ1n) is 8.24. The second-order valence-corrected chi connectivity index (χ2v) is 6.25. The molecule has 0 unspecified atom stereocenters. The van der Waals surface area contributed by atoms with E-state index in [1.54, 1.807) is 12.4 Å². The first-order chi connectivity index (χ1) is 12.1. The van der Waals surface area contributed by atoms with E-state index in [1.165, 1.54) is 11.1 Å². The summed E-state index contributed by atoms with van der Waals surface area (Å²) in [4.78, 5) is 8.95. The zero-order chi connectivity index (χ0) is 17.4. The van der Waals surface area contributed by atoms with Crippen molar-refractivity contribution in [1.29, 1.82) is 0 Å². The Morgan fingerprint density at radius 1 is 1.12 bits per heavy atom. The van der Waals surface area contributed by atoms with Crippen LogP contribution in [0.5, 0.6) is 0 Å². The Morgan fingerprint density at radius 3 is 2.64 bits per heavy atom. The van der Waals surface area contributed by atoms with Crippen molar-refractivity contribution >= 4 is 11.5 Å². The van der Waals surface area contributed by atoms with Gasteiger partial charge in [-0.25, -0.2) is 4.98 Å². The van der Waals surface area contributed by atoms with Gasteiger partial charge in [0.2, 0.25) is 0 Å². The van der Waals surface area contributed by atoms with E-state index in [2.05, 4.69) is 46.6 Å². The number of nitrogens with one attached hydrogen (secondary N) is 1. The van der Waals surface area contributed by atoms with Crippen molar-refractivity contribution in [2.45, 2.75) is 20.4 Å². The Kier molecular flexibility index (Phi) is 3.72. The summed E-state index contributed by atoms with van der Waals surface area (Å²) in [7, 11) is 1.92. The van der Waals surface area contributed by atoms with Gasteiger partial charge in [-0.15, -0.1) is 0 Å². The smallest absolute Gasteiger partial charge is 0.157 e. The van der Waals surface area contributed by atoms with E-state index in [1.807, 2.05) is 35.4 Å². The molecule has 0 fully saturated rings. The van der Waals surface area contributed by atoms with Crippen LogP contribution in [-0.2, 0) is 13.6 Å². The van der Waals surface area contributed by atoms with Crippen LogP contribution in [-0.4, -0.2) is 24.1 Å². The van der Waals surface area contributed by atoms with Crippen LogP contribution in [0.2, 0.25) is 0 Å². The Bertz CT molecular complexity index is 1030. The van der Waals surface area contributed by atoms with E-state index in [-0.39, 0.29) is 0 Å². The molecule has 0 bridgehead atoms. The van der Waals surface area contributed by atoms with Gasteiger partial charge in [0, 0.05) is 37.7 Å². The second kappa shape index (κ2) is 6.05. The lowest BCUT2D eigenvalue weighted by Gasteiger charge is -2.09. The number of hydrogen-bond acceptors (Lipinski definition) is 4. The van der Waals surface area contributed by atoms with Gasteiger partial charge in [0.05, 0.1) is 11.9 Å². The van der Waals surface area contributed by atoms with Gasteiger partial charge < -0.3 is 5.32 Å². The fourth-order valence-corrected chi connectivity index (χ4v) is 2.99. The summed E-state index contributed by atoms with van der Waals surface area (Å²) in [5.41, 5.74) is 6.17. The molecule has 0 atom stereocenters. The number of imidazole rings is 1. The van der Waals surface area contributed by atoms with Crippen molar-refractivity contribution in [3.8, 4) is 11.3 Å². The molecular formula is C19H20N6. The summed E-state index contributed by atoms with van der Waals surface area (Å²) < 4.78 is 3.85. The monoisotopic (exact) mass is 332 g/mol. The number of rotatable bonds is 4. The van der Waals surface area contributed by atoms with Crippen LogP contribution in [0.1, 0.15) is 16.8 Å². The summed E-state index contributed by atoms with van der Waals surface area (Å²) in [6.07, 6.45) is 7.47. The minimum absolute atomic E-state index is 0.725. The first-order valence-corrected chi connectivity index (χ1v) is 8.24. The number of aromatic nitrogens is 5. The molecule has 0 spiro atoms. The topological polar surface area (TPSA) is 60.0 Å². The highest BCUT2D eigenvalue weighted by Gasteiger charge is 2.17. The quantitative estimate of drug-likeness (QED) is 0.622. The van der Waals surface area contributed by atoms with Crippen molar-refractivity contribution in [2.75, 3.05) is 5.32 Å². The zero-order valence-electron chi connectivity index (χ0n) is 14.6. The predicted molar refractivity (Wildman–Crippen MR) is 98.4 cm³/mol. The predicted octanol–water partition coefficient (Wildman–Crippen LogP) is 3.36. The highest BCUT2D eigenvalue weighted by molar-refractivity contribution is 5.77. The zero-order valence-corrected chi connectivity index (χ0v) is 14.6. The van der Waals surface area contributed by atoms with Crippen molar-refractivity contribution < 1.29 is 0 Å². The third kappa shape index (κ3) is 2.87. The van der Waals surface area contributed by atoms with E-state index in [0.29, 0.717) is 0 Å². The van der Waals surface area contributed by atoms with Crippen LogP contribution in [0.4, 0.5) is 5.82 Å². The molecule has 3 aromatic heterocycles. The fraction of sp³-hybridized carbons (Fsp3) is 0.211. The number of anilines is 1. The lowest BCUT2D eigenvalue weighted by atomic mass is 10.1. The fourth-order valence-electron chi connectivity index (χ4n) is 2.99. The van der Waals surface area contributed by atoms with Gasteiger partial charge in [0.25, 0.3) is 0 Å². The molecule has 0 saturated carbocycles. The summed E-state index contributed by atoms with van der Waals surface area (Å²) in [5, 5.41) is 7.99.